The Labute approximate surface area is 150 Å². The lowest BCUT2D eigenvalue weighted by Gasteiger charge is -2.19. The van der Waals surface area contributed by atoms with Gasteiger partial charge in [-0.25, -0.2) is 4.18 Å². The lowest BCUT2D eigenvalue weighted by molar-refractivity contribution is -0.384. The Bertz CT molecular complexity index is 783. The SMILES string of the molecule is CNc1cc(SOS(=O)(=O)OCN2CN(C)C=C2C)ccc1[N+](=O)[O-]. The van der Waals surface area contributed by atoms with E-state index < -0.39 is 15.3 Å². The lowest BCUT2D eigenvalue weighted by atomic mass is 10.3. The molecule has 10 nitrogen and oxygen atoms in total. The number of rotatable bonds is 8. The maximum atomic E-state index is 11.8. The number of anilines is 1. The molecule has 1 heterocycles. The van der Waals surface area contributed by atoms with E-state index in [9.17, 15) is 18.5 Å². The molecule has 0 radical (unpaired) electrons. The number of allylic oxidation sites excluding steroid dienone is 1. The second kappa shape index (κ2) is 7.91. The topological polar surface area (TPSA) is 114 Å². The molecule has 0 bridgehead atoms. The summed E-state index contributed by atoms with van der Waals surface area (Å²) < 4.78 is 33.2. The third kappa shape index (κ3) is 5.22. The van der Waals surface area contributed by atoms with Gasteiger partial charge in [-0.2, -0.15) is 12.0 Å². The average molecular weight is 390 g/mol. The van der Waals surface area contributed by atoms with Crippen molar-refractivity contribution < 1.29 is 21.2 Å². The molecule has 0 saturated heterocycles. The molecule has 0 saturated carbocycles. The molecule has 1 aromatic rings. The van der Waals surface area contributed by atoms with E-state index in [1.165, 1.54) is 25.2 Å². The monoisotopic (exact) mass is 390 g/mol. The Kier molecular flexibility index (Phi) is 6.11. The van der Waals surface area contributed by atoms with Crippen LogP contribution in [0.4, 0.5) is 11.4 Å². The second-order valence-corrected chi connectivity index (χ2v) is 7.44. The maximum absolute atomic E-state index is 11.8. The average Bonchev–Trinajstić information content (AvgIpc) is 2.88. The summed E-state index contributed by atoms with van der Waals surface area (Å²) in [5.74, 6) is 0. The smallest absolute Gasteiger partial charge is 0.383 e. The maximum Gasteiger partial charge on any atom is 0.412 e. The minimum absolute atomic E-state index is 0.119. The van der Waals surface area contributed by atoms with Crippen LogP contribution in [0.3, 0.4) is 0 Å². The van der Waals surface area contributed by atoms with Gasteiger partial charge >= 0.3 is 10.4 Å². The summed E-state index contributed by atoms with van der Waals surface area (Å²) in [6.45, 7) is 2.19. The molecule has 0 fully saturated rings. The number of nitro benzene ring substituents is 1. The van der Waals surface area contributed by atoms with Gasteiger partial charge < -0.3 is 15.1 Å². The van der Waals surface area contributed by atoms with Crippen LogP contribution >= 0.6 is 12.0 Å². The first kappa shape index (κ1) is 19.3. The van der Waals surface area contributed by atoms with E-state index in [2.05, 4.69) is 5.32 Å². The summed E-state index contributed by atoms with van der Waals surface area (Å²) in [5, 5.41) is 13.5. The zero-order valence-corrected chi connectivity index (χ0v) is 15.5. The molecule has 1 aromatic carbocycles. The van der Waals surface area contributed by atoms with Crippen LogP contribution in [0.15, 0.2) is 35.0 Å². The first-order valence-electron chi connectivity index (χ1n) is 7.07. The van der Waals surface area contributed by atoms with Gasteiger partial charge in [-0.1, -0.05) is 0 Å². The van der Waals surface area contributed by atoms with Gasteiger partial charge in [0, 0.05) is 37.0 Å². The van der Waals surface area contributed by atoms with Crippen molar-refractivity contribution >= 4 is 33.8 Å². The highest BCUT2D eigenvalue weighted by molar-refractivity contribution is 8.03. The molecule has 0 atom stereocenters. The molecule has 1 aliphatic rings. The molecule has 0 aromatic heterocycles. The molecular weight excluding hydrogens is 372 g/mol. The van der Waals surface area contributed by atoms with Crippen LogP contribution in [0.1, 0.15) is 6.92 Å². The van der Waals surface area contributed by atoms with Crippen molar-refractivity contribution in [2.45, 2.75) is 11.8 Å². The minimum Gasteiger partial charge on any atom is -0.383 e. The van der Waals surface area contributed by atoms with Gasteiger partial charge in [0.1, 0.15) is 12.4 Å². The highest BCUT2D eigenvalue weighted by Gasteiger charge is 2.21. The van der Waals surface area contributed by atoms with Crippen molar-refractivity contribution in [3.8, 4) is 0 Å². The molecule has 1 N–H and O–H groups in total. The summed E-state index contributed by atoms with van der Waals surface area (Å²) in [6, 6.07) is 4.07. The first-order chi connectivity index (χ1) is 11.7. The molecule has 0 amide bonds. The minimum atomic E-state index is -4.23. The van der Waals surface area contributed by atoms with Gasteiger partial charge in [-0.3, -0.25) is 10.1 Å². The molecule has 12 heteroatoms. The predicted octanol–water partition coefficient (Wildman–Crippen LogP) is 1.95. The second-order valence-electron chi connectivity index (χ2n) is 5.20. The van der Waals surface area contributed by atoms with Gasteiger partial charge in [0.2, 0.25) is 0 Å². The summed E-state index contributed by atoms with van der Waals surface area (Å²) in [4.78, 5) is 14.3. The van der Waals surface area contributed by atoms with Gasteiger partial charge in [-0.15, -0.1) is 0 Å². The standard InChI is InChI=1S/C13H18N4O6S2/c1-10-7-15(3)8-16(10)9-22-25(20,21)23-24-11-4-5-13(17(18)19)12(6-11)14-2/h4-7,14H,8-9H2,1-3H3. The fourth-order valence-corrected chi connectivity index (χ4v) is 3.47. The normalized spacial score (nSPS) is 14.6. The molecule has 1 aliphatic heterocycles. The number of hydrogen-bond acceptors (Lipinski definition) is 10. The van der Waals surface area contributed by atoms with Crippen LogP contribution in [0.5, 0.6) is 0 Å². The molecule has 0 spiro atoms. The van der Waals surface area contributed by atoms with E-state index in [0.717, 1.165) is 5.70 Å². The fourth-order valence-electron chi connectivity index (χ4n) is 2.12. The van der Waals surface area contributed by atoms with E-state index in [1.54, 1.807) is 4.90 Å². The first-order valence-corrected chi connectivity index (χ1v) is 9.14. The van der Waals surface area contributed by atoms with Gasteiger partial charge in [0.05, 0.1) is 23.6 Å². The zero-order chi connectivity index (χ0) is 18.6. The Morgan fingerprint density at radius 3 is 2.72 bits per heavy atom. The Morgan fingerprint density at radius 2 is 2.16 bits per heavy atom. The number of nitrogens with one attached hydrogen (secondary N) is 1. The lowest BCUT2D eigenvalue weighted by Crippen LogP contribution is -2.28. The van der Waals surface area contributed by atoms with Gasteiger partial charge in [0.25, 0.3) is 5.69 Å². The fraction of sp³-hybridized carbons (Fsp3) is 0.385. The summed E-state index contributed by atoms with van der Waals surface area (Å²) in [6.07, 6.45) is 1.86. The van der Waals surface area contributed by atoms with E-state index in [1.807, 2.05) is 25.1 Å². The molecular formula is C13H18N4O6S2. The van der Waals surface area contributed by atoms with Crippen molar-refractivity contribution in [3.05, 3.63) is 40.2 Å². The van der Waals surface area contributed by atoms with E-state index >= 15 is 0 Å². The predicted molar refractivity (Wildman–Crippen MR) is 92.7 cm³/mol. The zero-order valence-electron chi connectivity index (χ0n) is 13.8. The van der Waals surface area contributed by atoms with Crippen LogP contribution in [-0.2, 0) is 18.2 Å². The number of nitrogens with zero attached hydrogens (tertiary/aromatic N) is 3. The number of nitro groups is 1. The molecule has 2 rings (SSSR count). The largest absolute Gasteiger partial charge is 0.412 e. The summed E-state index contributed by atoms with van der Waals surface area (Å²) in [5.41, 5.74) is 1.00. The molecule has 0 aliphatic carbocycles. The Morgan fingerprint density at radius 1 is 1.44 bits per heavy atom. The van der Waals surface area contributed by atoms with Crippen molar-refractivity contribution in [2.24, 2.45) is 0 Å². The van der Waals surface area contributed by atoms with E-state index in [-0.39, 0.29) is 18.1 Å². The van der Waals surface area contributed by atoms with Crippen LogP contribution < -0.4 is 5.32 Å². The highest BCUT2D eigenvalue weighted by atomic mass is 32.3. The third-order valence-electron chi connectivity index (χ3n) is 3.30. The van der Waals surface area contributed by atoms with Crippen LogP contribution in [0, 0.1) is 10.1 Å². The van der Waals surface area contributed by atoms with Crippen molar-refractivity contribution in [1.82, 2.24) is 9.80 Å². The Balaban J connectivity index is 1.93. The molecule has 0 unspecified atom stereocenters. The van der Waals surface area contributed by atoms with E-state index in [0.29, 0.717) is 23.6 Å². The number of benzene rings is 1. The van der Waals surface area contributed by atoms with Crippen molar-refractivity contribution in [3.63, 3.8) is 0 Å². The molecule has 25 heavy (non-hydrogen) atoms. The Hall–Kier alpha value is -2.02. The van der Waals surface area contributed by atoms with Gasteiger partial charge in [0.15, 0.2) is 0 Å². The third-order valence-corrected chi connectivity index (χ3v) is 5.08. The van der Waals surface area contributed by atoms with Crippen molar-refractivity contribution in [2.75, 3.05) is 32.8 Å². The molecule has 138 valence electrons. The quantitative estimate of drug-likeness (QED) is 0.401. The summed E-state index contributed by atoms with van der Waals surface area (Å²) >= 11 is 0.542. The van der Waals surface area contributed by atoms with Crippen molar-refractivity contribution in [1.29, 1.82) is 0 Å². The number of hydrogen-bond donors (Lipinski definition) is 1. The van der Waals surface area contributed by atoms with Crippen LogP contribution in [0.2, 0.25) is 0 Å². The van der Waals surface area contributed by atoms with E-state index in [4.69, 9.17) is 7.81 Å². The van der Waals surface area contributed by atoms with Gasteiger partial charge in [-0.05, 0) is 19.1 Å². The summed E-state index contributed by atoms with van der Waals surface area (Å²) in [7, 11) is -0.845. The highest BCUT2D eigenvalue weighted by Crippen LogP contribution is 2.31. The van der Waals surface area contributed by atoms with Crippen LogP contribution in [0.25, 0.3) is 0 Å². The van der Waals surface area contributed by atoms with Crippen LogP contribution in [-0.4, -0.2) is 50.6 Å².